The molecule has 0 aliphatic carbocycles. The number of carbonyl (C=O) groups excluding carboxylic acids is 1. The highest BCUT2D eigenvalue weighted by atomic mass is 16.5. The number of carboxylic acid groups (broad SMARTS) is 1. The Balaban J connectivity index is 2.21. The highest BCUT2D eigenvalue weighted by molar-refractivity contribution is 5.95. The number of ether oxygens (including phenoxy) is 2. The molecule has 0 saturated heterocycles. The number of carbonyl (C=O) groups is 2. The van der Waals surface area contributed by atoms with Crippen LogP contribution < -0.4 is 10.1 Å². The molecule has 0 bridgehead atoms. The van der Waals surface area contributed by atoms with Crippen molar-refractivity contribution in [2.45, 2.75) is 6.54 Å². The van der Waals surface area contributed by atoms with E-state index in [4.69, 9.17) is 4.74 Å². The van der Waals surface area contributed by atoms with Gasteiger partial charge in [-0.2, -0.15) is 0 Å². The Morgan fingerprint density at radius 1 is 1.13 bits per heavy atom. The SMILES string of the molecule is COC(=O)c1ccc(C(=O)O)c(NCc2ccc(OC)cc2)n1. The number of pyridine rings is 1. The normalized spacial score (nSPS) is 10.0. The first kappa shape index (κ1) is 16.3. The second-order valence-corrected chi connectivity index (χ2v) is 4.59. The van der Waals surface area contributed by atoms with E-state index in [2.05, 4.69) is 15.0 Å². The van der Waals surface area contributed by atoms with Crippen LogP contribution in [0.25, 0.3) is 0 Å². The molecule has 0 atom stereocenters. The van der Waals surface area contributed by atoms with Gasteiger partial charge < -0.3 is 19.9 Å². The second-order valence-electron chi connectivity index (χ2n) is 4.59. The van der Waals surface area contributed by atoms with Crippen molar-refractivity contribution in [3.63, 3.8) is 0 Å². The zero-order chi connectivity index (χ0) is 16.8. The van der Waals surface area contributed by atoms with Crippen molar-refractivity contribution in [3.8, 4) is 5.75 Å². The van der Waals surface area contributed by atoms with Gasteiger partial charge in [0.15, 0.2) is 5.69 Å². The monoisotopic (exact) mass is 316 g/mol. The van der Waals surface area contributed by atoms with Gasteiger partial charge in [-0.25, -0.2) is 14.6 Å². The summed E-state index contributed by atoms with van der Waals surface area (Å²) in [6, 6.07) is 9.92. The summed E-state index contributed by atoms with van der Waals surface area (Å²) in [6.45, 7) is 0.349. The van der Waals surface area contributed by atoms with Crippen LogP contribution in [0.3, 0.4) is 0 Å². The average molecular weight is 316 g/mol. The molecule has 2 aromatic rings. The fraction of sp³-hybridized carbons (Fsp3) is 0.188. The summed E-state index contributed by atoms with van der Waals surface area (Å²) in [4.78, 5) is 26.8. The summed E-state index contributed by atoms with van der Waals surface area (Å²) in [5, 5.41) is 12.1. The third-order valence-corrected chi connectivity index (χ3v) is 3.14. The Morgan fingerprint density at radius 2 is 1.83 bits per heavy atom. The molecule has 120 valence electrons. The van der Waals surface area contributed by atoms with E-state index in [0.29, 0.717) is 6.54 Å². The number of nitrogens with zero attached hydrogens (tertiary/aromatic N) is 1. The molecule has 23 heavy (non-hydrogen) atoms. The smallest absolute Gasteiger partial charge is 0.356 e. The molecule has 2 N–H and O–H groups in total. The van der Waals surface area contributed by atoms with Crippen LogP contribution in [0, 0.1) is 0 Å². The molecule has 0 aliphatic rings. The zero-order valence-corrected chi connectivity index (χ0v) is 12.7. The van der Waals surface area contributed by atoms with Crippen LogP contribution in [0.1, 0.15) is 26.4 Å². The lowest BCUT2D eigenvalue weighted by atomic mass is 10.2. The Hall–Kier alpha value is -3.09. The molecule has 0 fully saturated rings. The minimum Gasteiger partial charge on any atom is -0.497 e. The maximum atomic E-state index is 11.5. The van der Waals surface area contributed by atoms with Crippen molar-refractivity contribution in [1.29, 1.82) is 0 Å². The van der Waals surface area contributed by atoms with Gasteiger partial charge in [0.1, 0.15) is 17.1 Å². The van der Waals surface area contributed by atoms with Crippen LogP contribution in [0.5, 0.6) is 5.75 Å². The molecule has 7 heteroatoms. The number of carboxylic acids is 1. The number of rotatable bonds is 6. The first-order valence-corrected chi connectivity index (χ1v) is 6.74. The Bertz CT molecular complexity index is 713. The molecule has 2 rings (SSSR count). The van der Waals surface area contributed by atoms with E-state index < -0.39 is 11.9 Å². The number of hydrogen-bond acceptors (Lipinski definition) is 6. The van der Waals surface area contributed by atoms with Crippen LogP contribution in [0.15, 0.2) is 36.4 Å². The van der Waals surface area contributed by atoms with E-state index in [0.717, 1.165) is 11.3 Å². The third kappa shape index (κ3) is 3.97. The maximum absolute atomic E-state index is 11.5. The first-order valence-electron chi connectivity index (χ1n) is 6.74. The van der Waals surface area contributed by atoms with Gasteiger partial charge in [0, 0.05) is 6.54 Å². The number of methoxy groups -OCH3 is 2. The highest BCUT2D eigenvalue weighted by Crippen LogP contribution is 2.17. The molecule has 0 spiro atoms. The number of benzene rings is 1. The molecule has 7 nitrogen and oxygen atoms in total. The van der Waals surface area contributed by atoms with Gasteiger partial charge in [0.25, 0.3) is 0 Å². The van der Waals surface area contributed by atoms with Crippen LogP contribution in [0.2, 0.25) is 0 Å². The van der Waals surface area contributed by atoms with E-state index in [1.165, 1.54) is 19.2 Å². The average Bonchev–Trinajstić information content (AvgIpc) is 2.59. The second kappa shape index (κ2) is 7.26. The first-order chi connectivity index (χ1) is 11.0. The Morgan fingerprint density at radius 3 is 2.39 bits per heavy atom. The maximum Gasteiger partial charge on any atom is 0.356 e. The third-order valence-electron chi connectivity index (χ3n) is 3.14. The van der Waals surface area contributed by atoms with Crippen molar-refractivity contribution in [2.24, 2.45) is 0 Å². The number of nitrogens with one attached hydrogen (secondary N) is 1. The molecular weight excluding hydrogens is 300 g/mol. The summed E-state index contributed by atoms with van der Waals surface area (Å²) in [7, 11) is 2.81. The minimum atomic E-state index is -1.13. The summed E-state index contributed by atoms with van der Waals surface area (Å²) in [6.07, 6.45) is 0. The van der Waals surface area contributed by atoms with Crippen molar-refractivity contribution in [3.05, 3.63) is 53.2 Å². The number of aromatic carboxylic acids is 1. The predicted octanol–water partition coefficient (Wildman–Crippen LogP) is 2.19. The van der Waals surface area contributed by atoms with Crippen LogP contribution in [-0.4, -0.2) is 36.2 Å². The number of aromatic nitrogens is 1. The van der Waals surface area contributed by atoms with Crippen LogP contribution >= 0.6 is 0 Å². The van der Waals surface area contributed by atoms with E-state index in [-0.39, 0.29) is 17.1 Å². The van der Waals surface area contributed by atoms with Crippen molar-refractivity contribution >= 4 is 17.8 Å². The van der Waals surface area contributed by atoms with E-state index in [1.807, 2.05) is 12.1 Å². The molecule has 0 aliphatic heterocycles. The van der Waals surface area contributed by atoms with E-state index in [1.54, 1.807) is 19.2 Å². The van der Waals surface area contributed by atoms with E-state index in [9.17, 15) is 14.7 Å². The van der Waals surface area contributed by atoms with Gasteiger partial charge in [-0.3, -0.25) is 0 Å². The zero-order valence-electron chi connectivity index (χ0n) is 12.7. The van der Waals surface area contributed by atoms with Gasteiger partial charge >= 0.3 is 11.9 Å². The minimum absolute atomic E-state index is 0.0221. The fourth-order valence-corrected chi connectivity index (χ4v) is 1.91. The lowest BCUT2D eigenvalue weighted by molar-refractivity contribution is 0.0592. The molecule has 1 aromatic carbocycles. The standard InChI is InChI=1S/C16H16N2O5/c1-22-11-5-3-10(4-6-11)9-17-14-12(15(19)20)7-8-13(18-14)16(21)23-2/h3-8H,9H2,1-2H3,(H,17,18)(H,19,20). The molecule has 1 aromatic heterocycles. The Labute approximate surface area is 132 Å². The molecule has 0 radical (unpaired) electrons. The van der Waals surface area contributed by atoms with Crippen molar-refractivity contribution in [2.75, 3.05) is 19.5 Å². The quantitative estimate of drug-likeness (QED) is 0.788. The molecule has 0 saturated carbocycles. The van der Waals surface area contributed by atoms with E-state index >= 15 is 0 Å². The number of esters is 1. The Kier molecular flexibility index (Phi) is 5.14. The fourth-order valence-electron chi connectivity index (χ4n) is 1.91. The highest BCUT2D eigenvalue weighted by Gasteiger charge is 2.16. The topological polar surface area (TPSA) is 97.8 Å². The van der Waals surface area contributed by atoms with Crippen LogP contribution in [0.4, 0.5) is 5.82 Å². The molecule has 1 heterocycles. The summed E-state index contributed by atoms with van der Waals surface area (Å²) < 4.78 is 9.66. The number of hydrogen-bond donors (Lipinski definition) is 2. The predicted molar refractivity (Wildman–Crippen MR) is 82.9 cm³/mol. The summed E-state index contributed by atoms with van der Waals surface area (Å²) in [5.41, 5.74) is 0.924. The largest absolute Gasteiger partial charge is 0.497 e. The van der Waals surface area contributed by atoms with Crippen molar-refractivity contribution in [1.82, 2.24) is 4.98 Å². The molecule has 0 amide bonds. The molecule has 0 unspecified atom stereocenters. The van der Waals surface area contributed by atoms with Gasteiger partial charge in [0.2, 0.25) is 0 Å². The van der Waals surface area contributed by atoms with Gasteiger partial charge in [-0.15, -0.1) is 0 Å². The van der Waals surface area contributed by atoms with Gasteiger partial charge in [-0.05, 0) is 29.8 Å². The lowest BCUT2D eigenvalue weighted by Crippen LogP contribution is -2.12. The van der Waals surface area contributed by atoms with Gasteiger partial charge in [0.05, 0.1) is 14.2 Å². The summed E-state index contributed by atoms with van der Waals surface area (Å²) in [5.74, 6) is -0.928. The van der Waals surface area contributed by atoms with Gasteiger partial charge in [-0.1, -0.05) is 12.1 Å². The summed E-state index contributed by atoms with van der Waals surface area (Å²) >= 11 is 0. The lowest BCUT2D eigenvalue weighted by Gasteiger charge is -2.10. The van der Waals surface area contributed by atoms with Crippen molar-refractivity contribution < 1.29 is 24.2 Å². The van der Waals surface area contributed by atoms with Crippen LogP contribution in [-0.2, 0) is 11.3 Å². The molecular formula is C16H16N2O5. The number of anilines is 1.